The topological polar surface area (TPSA) is 32.3 Å². The lowest BCUT2D eigenvalue weighted by Gasteiger charge is -2.28. The molecule has 0 saturated carbocycles. The van der Waals surface area contributed by atoms with E-state index >= 15 is 0 Å². The van der Waals surface area contributed by atoms with E-state index in [1.54, 1.807) is 0 Å². The zero-order valence-electron chi connectivity index (χ0n) is 12.3. The van der Waals surface area contributed by atoms with Crippen molar-refractivity contribution in [2.24, 2.45) is 0 Å². The lowest BCUT2D eigenvalue weighted by atomic mass is 9.94. The second-order valence-electron chi connectivity index (χ2n) is 6.12. The van der Waals surface area contributed by atoms with E-state index in [0.29, 0.717) is 18.2 Å². The van der Waals surface area contributed by atoms with Crippen molar-refractivity contribution >= 4 is 5.91 Å². The molecule has 108 valence electrons. The maximum atomic E-state index is 12.3. The first-order valence-corrected chi connectivity index (χ1v) is 7.84. The van der Waals surface area contributed by atoms with Crippen LogP contribution in [-0.2, 0) is 17.6 Å². The third kappa shape index (κ3) is 2.88. The molecule has 1 aliphatic heterocycles. The minimum Gasteiger partial charge on any atom is -0.340 e. The molecule has 0 aromatic heterocycles. The summed E-state index contributed by atoms with van der Waals surface area (Å²) in [5.74, 6) is 0.628. The van der Waals surface area contributed by atoms with Crippen LogP contribution in [0.5, 0.6) is 0 Å². The Balaban J connectivity index is 1.63. The van der Waals surface area contributed by atoms with Gasteiger partial charge in [-0.25, -0.2) is 0 Å². The van der Waals surface area contributed by atoms with Crippen molar-refractivity contribution in [3.8, 4) is 0 Å². The number of benzene rings is 1. The number of rotatable bonds is 3. The molecule has 2 aliphatic rings. The second kappa shape index (κ2) is 5.96. The zero-order valence-corrected chi connectivity index (χ0v) is 12.3. The van der Waals surface area contributed by atoms with E-state index in [1.165, 1.54) is 36.0 Å². The molecule has 1 unspecified atom stereocenters. The van der Waals surface area contributed by atoms with E-state index in [-0.39, 0.29) is 0 Å². The van der Waals surface area contributed by atoms with Gasteiger partial charge in [-0.3, -0.25) is 4.79 Å². The van der Waals surface area contributed by atoms with E-state index in [0.717, 1.165) is 26.2 Å². The van der Waals surface area contributed by atoms with Gasteiger partial charge in [0.1, 0.15) is 0 Å². The molecule has 0 spiro atoms. The Morgan fingerprint density at radius 3 is 2.80 bits per heavy atom. The van der Waals surface area contributed by atoms with Crippen molar-refractivity contribution in [2.75, 3.05) is 26.2 Å². The summed E-state index contributed by atoms with van der Waals surface area (Å²) in [4.78, 5) is 14.3. The predicted octanol–water partition coefficient (Wildman–Crippen LogP) is 2.10. The maximum absolute atomic E-state index is 12.3. The van der Waals surface area contributed by atoms with E-state index in [9.17, 15) is 4.79 Å². The van der Waals surface area contributed by atoms with Crippen molar-refractivity contribution in [3.63, 3.8) is 0 Å². The molecule has 3 rings (SSSR count). The Kier molecular flexibility index (Phi) is 4.06. The summed E-state index contributed by atoms with van der Waals surface area (Å²) in [7, 11) is 0. The number of piperazine rings is 1. The Hall–Kier alpha value is -1.35. The Morgan fingerprint density at radius 1 is 1.25 bits per heavy atom. The molecule has 1 amide bonds. The molecule has 0 radical (unpaired) electrons. The van der Waals surface area contributed by atoms with Gasteiger partial charge < -0.3 is 10.2 Å². The number of fused-ring (bicyclic) bond motifs is 1. The van der Waals surface area contributed by atoms with Crippen LogP contribution in [0.15, 0.2) is 18.2 Å². The van der Waals surface area contributed by atoms with Crippen LogP contribution >= 0.6 is 0 Å². The number of aryl methyl sites for hydroxylation is 2. The third-order valence-corrected chi connectivity index (χ3v) is 4.64. The summed E-state index contributed by atoms with van der Waals surface area (Å²) in [6, 6.07) is 6.82. The summed E-state index contributed by atoms with van der Waals surface area (Å²) in [5, 5.41) is 3.29. The van der Waals surface area contributed by atoms with Crippen LogP contribution in [0.1, 0.15) is 42.4 Å². The highest BCUT2D eigenvalue weighted by molar-refractivity contribution is 5.77. The molecule has 1 N–H and O–H groups in total. The molecule has 1 aliphatic carbocycles. The van der Waals surface area contributed by atoms with Crippen LogP contribution in [-0.4, -0.2) is 37.0 Å². The van der Waals surface area contributed by atoms with E-state index in [1.807, 2.05) is 4.90 Å². The van der Waals surface area contributed by atoms with Crippen LogP contribution in [0.3, 0.4) is 0 Å². The average molecular weight is 272 g/mol. The quantitative estimate of drug-likeness (QED) is 0.914. The number of nitrogens with one attached hydrogen (secondary N) is 1. The smallest absolute Gasteiger partial charge is 0.223 e. The SMILES string of the molecule is CC(CC(=O)N1CCNCC1)c1ccc2c(c1)CCC2. The van der Waals surface area contributed by atoms with Gasteiger partial charge in [0.25, 0.3) is 0 Å². The highest BCUT2D eigenvalue weighted by Gasteiger charge is 2.20. The lowest BCUT2D eigenvalue weighted by molar-refractivity contribution is -0.132. The number of hydrogen-bond acceptors (Lipinski definition) is 2. The molecule has 3 nitrogen and oxygen atoms in total. The van der Waals surface area contributed by atoms with E-state index < -0.39 is 0 Å². The number of carbonyl (C=O) groups is 1. The normalized spacial score (nSPS) is 19.8. The predicted molar refractivity (Wildman–Crippen MR) is 80.9 cm³/mol. The van der Waals surface area contributed by atoms with Crippen LogP contribution in [0.25, 0.3) is 0 Å². The highest BCUT2D eigenvalue weighted by Crippen LogP contribution is 2.27. The Morgan fingerprint density at radius 2 is 2.00 bits per heavy atom. The van der Waals surface area contributed by atoms with E-state index in [2.05, 4.69) is 30.4 Å². The van der Waals surface area contributed by atoms with Crippen LogP contribution in [0.4, 0.5) is 0 Å². The summed E-state index contributed by atoms with van der Waals surface area (Å²) < 4.78 is 0. The number of carbonyl (C=O) groups excluding carboxylic acids is 1. The Bertz CT molecular complexity index is 492. The molecular weight excluding hydrogens is 248 g/mol. The second-order valence-corrected chi connectivity index (χ2v) is 6.12. The van der Waals surface area contributed by atoms with Gasteiger partial charge in [-0.15, -0.1) is 0 Å². The number of nitrogens with zero attached hydrogens (tertiary/aromatic N) is 1. The molecule has 1 aromatic carbocycles. The maximum Gasteiger partial charge on any atom is 0.223 e. The van der Waals surface area contributed by atoms with Gasteiger partial charge in [0.05, 0.1) is 0 Å². The summed E-state index contributed by atoms with van der Waals surface area (Å²) in [6.45, 7) is 5.75. The van der Waals surface area contributed by atoms with Gasteiger partial charge in [0.2, 0.25) is 5.91 Å². The van der Waals surface area contributed by atoms with Gasteiger partial charge in [0.15, 0.2) is 0 Å². The van der Waals surface area contributed by atoms with Gasteiger partial charge >= 0.3 is 0 Å². The fourth-order valence-electron chi connectivity index (χ4n) is 3.32. The molecule has 1 aromatic rings. The van der Waals surface area contributed by atoms with Crippen molar-refractivity contribution in [1.82, 2.24) is 10.2 Å². The van der Waals surface area contributed by atoms with Crippen LogP contribution < -0.4 is 5.32 Å². The molecule has 1 heterocycles. The van der Waals surface area contributed by atoms with Crippen molar-refractivity contribution in [2.45, 2.75) is 38.5 Å². The van der Waals surface area contributed by atoms with Gasteiger partial charge in [-0.05, 0) is 41.9 Å². The van der Waals surface area contributed by atoms with Crippen molar-refractivity contribution in [1.29, 1.82) is 0 Å². The lowest BCUT2D eigenvalue weighted by Crippen LogP contribution is -2.46. The standard InChI is InChI=1S/C17H24N2O/c1-13(11-17(20)19-9-7-18-8-10-19)15-6-5-14-3-2-4-16(14)12-15/h5-6,12-13,18H,2-4,7-11H2,1H3. The largest absolute Gasteiger partial charge is 0.340 e. The summed E-state index contributed by atoms with van der Waals surface area (Å²) in [6.07, 6.45) is 4.36. The fraction of sp³-hybridized carbons (Fsp3) is 0.588. The first-order chi connectivity index (χ1) is 9.74. The molecule has 1 fully saturated rings. The number of amides is 1. The first kappa shape index (κ1) is 13.6. The molecule has 3 heteroatoms. The monoisotopic (exact) mass is 272 g/mol. The minimum atomic E-state index is 0.305. The highest BCUT2D eigenvalue weighted by atomic mass is 16.2. The van der Waals surface area contributed by atoms with Gasteiger partial charge in [-0.1, -0.05) is 25.1 Å². The molecule has 0 bridgehead atoms. The van der Waals surface area contributed by atoms with Crippen LogP contribution in [0, 0.1) is 0 Å². The van der Waals surface area contributed by atoms with Gasteiger partial charge in [0, 0.05) is 32.6 Å². The van der Waals surface area contributed by atoms with E-state index in [4.69, 9.17) is 0 Å². The molecule has 1 atom stereocenters. The summed E-state index contributed by atoms with van der Waals surface area (Å²) >= 11 is 0. The zero-order chi connectivity index (χ0) is 13.9. The minimum absolute atomic E-state index is 0.305. The van der Waals surface area contributed by atoms with Gasteiger partial charge in [-0.2, -0.15) is 0 Å². The molecular formula is C17H24N2O. The van der Waals surface area contributed by atoms with Crippen LogP contribution in [0.2, 0.25) is 0 Å². The molecule has 20 heavy (non-hydrogen) atoms. The molecule has 1 saturated heterocycles. The summed E-state index contributed by atoms with van der Waals surface area (Å²) in [5.41, 5.74) is 4.34. The number of hydrogen-bond donors (Lipinski definition) is 1. The fourth-order valence-corrected chi connectivity index (χ4v) is 3.32. The first-order valence-electron chi connectivity index (χ1n) is 7.84. The van der Waals surface area contributed by atoms with Crippen molar-refractivity contribution in [3.05, 3.63) is 34.9 Å². The third-order valence-electron chi connectivity index (χ3n) is 4.64. The Labute approximate surface area is 121 Å². The average Bonchev–Trinajstić information content (AvgIpc) is 2.95. The van der Waals surface area contributed by atoms with Crippen molar-refractivity contribution < 1.29 is 4.79 Å².